The smallest absolute Gasteiger partial charge is 0.0857 e. The zero-order valence-electron chi connectivity index (χ0n) is 9.23. The number of rotatable bonds is 1. The van der Waals surface area contributed by atoms with E-state index in [0.29, 0.717) is 0 Å². The first-order chi connectivity index (χ1) is 7.00. The summed E-state index contributed by atoms with van der Waals surface area (Å²) in [5.74, 6) is 0. The highest BCUT2D eigenvalue weighted by atomic mass is 33.1. The van der Waals surface area contributed by atoms with Crippen molar-refractivity contribution in [3.8, 4) is 0 Å². The van der Waals surface area contributed by atoms with Crippen LogP contribution in [0, 0.1) is 6.92 Å². The fourth-order valence-corrected chi connectivity index (χ4v) is 5.02. The van der Waals surface area contributed by atoms with Crippen molar-refractivity contribution in [1.29, 1.82) is 0 Å². The molecule has 1 nitrogen and oxygen atoms in total. The second-order valence-corrected chi connectivity index (χ2v) is 7.56. The average molecular weight is 240 g/mol. The molecule has 1 aliphatic rings. The summed E-state index contributed by atoms with van der Waals surface area (Å²) in [6.45, 7) is 6.29. The molecule has 2 atom stereocenters. The highest BCUT2D eigenvalue weighted by Gasteiger charge is 2.43. The number of aliphatic hydroxyl groups is 1. The molecule has 1 saturated heterocycles. The molecule has 2 rings (SSSR count). The van der Waals surface area contributed by atoms with Gasteiger partial charge < -0.3 is 5.11 Å². The van der Waals surface area contributed by atoms with Crippen molar-refractivity contribution in [3.05, 3.63) is 35.4 Å². The molecular formula is C12H16OS2. The summed E-state index contributed by atoms with van der Waals surface area (Å²) < 4.78 is -0.0414. The van der Waals surface area contributed by atoms with Gasteiger partial charge in [0.1, 0.15) is 0 Å². The fourth-order valence-electron chi connectivity index (χ4n) is 1.64. The van der Waals surface area contributed by atoms with Crippen molar-refractivity contribution in [2.24, 2.45) is 0 Å². The third-order valence-corrected chi connectivity index (χ3v) is 6.48. The zero-order chi connectivity index (χ0) is 11.1. The quantitative estimate of drug-likeness (QED) is 0.758. The van der Waals surface area contributed by atoms with Gasteiger partial charge in [-0.1, -0.05) is 51.4 Å². The summed E-state index contributed by atoms with van der Waals surface area (Å²) in [6.07, 6.45) is -0.268. The number of aliphatic hydroxyl groups excluding tert-OH is 1. The van der Waals surface area contributed by atoms with Gasteiger partial charge in [-0.3, -0.25) is 0 Å². The van der Waals surface area contributed by atoms with Crippen LogP contribution in [0.2, 0.25) is 0 Å². The lowest BCUT2D eigenvalue weighted by molar-refractivity contribution is 0.143. The molecular weight excluding hydrogens is 224 g/mol. The van der Waals surface area contributed by atoms with E-state index in [1.54, 1.807) is 21.6 Å². The first-order valence-electron chi connectivity index (χ1n) is 5.10. The first-order valence-corrected chi connectivity index (χ1v) is 7.31. The molecule has 1 N–H and O–H groups in total. The van der Waals surface area contributed by atoms with E-state index >= 15 is 0 Å². The summed E-state index contributed by atoms with van der Waals surface area (Å²) >= 11 is 0. The maximum atomic E-state index is 10.2. The largest absolute Gasteiger partial charge is 0.390 e. The van der Waals surface area contributed by atoms with Gasteiger partial charge in [-0.25, -0.2) is 0 Å². The molecule has 1 fully saturated rings. The summed E-state index contributed by atoms with van der Waals surface area (Å²) in [4.78, 5) is 0. The van der Waals surface area contributed by atoms with E-state index in [4.69, 9.17) is 0 Å². The van der Waals surface area contributed by atoms with E-state index < -0.39 is 0 Å². The molecule has 3 heteroatoms. The van der Waals surface area contributed by atoms with Gasteiger partial charge in [0, 0.05) is 4.75 Å². The highest BCUT2D eigenvalue weighted by Crippen LogP contribution is 2.57. The molecule has 1 heterocycles. The lowest BCUT2D eigenvalue weighted by Crippen LogP contribution is -2.31. The van der Waals surface area contributed by atoms with Crippen LogP contribution in [0.15, 0.2) is 24.3 Å². The molecule has 0 aliphatic carbocycles. The Kier molecular flexibility index (Phi) is 3.06. The third-order valence-electron chi connectivity index (χ3n) is 2.77. The minimum Gasteiger partial charge on any atom is -0.390 e. The Labute approximate surface area is 99.1 Å². The molecule has 2 unspecified atom stereocenters. The second kappa shape index (κ2) is 4.04. The van der Waals surface area contributed by atoms with Crippen LogP contribution in [-0.2, 0) is 0 Å². The van der Waals surface area contributed by atoms with Crippen molar-refractivity contribution < 1.29 is 5.11 Å². The van der Waals surface area contributed by atoms with Crippen LogP contribution < -0.4 is 0 Å². The minimum atomic E-state index is -0.268. The van der Waals surface area contributed by atoms with E-state index in [0.717, 1.165) is 0 Å². The van der Waals surface area contributed by atoms with Crippen molar-refractivity contribution >= 4 is 21.6 Å². The molecule has 1 aromatic rings. The fraction of sp³-hybridized carbons (Fsp3) is 0.500. The maximum absolute atomic E-state index is 10.2. The average Bonchev–Trinajstić information content (AvgIpc) is 2.45. The van der Waals surface area contributed by atoms with E-state index in [-0.39, 0.29) is 16.1 Å². The number of hydrogen-bond donors (Lipinski definition) is 1. The van der Waals surface area contributed by atoms with Crippen LogP contribution in [0.5, 0.6) is 0 Å². The zero-order valence-corrected chi connectivity index (χ0v) is 10.9. The van der Waals surface area contributed by atoms with Gasteiger partial charge in [0.15, 0.2) is 0 Å². The first kappa shape index (κ1) is 11.4. The van der Waals surface area contributed by atoms with E-state index in [9.17, 15) is 5.11 Å². The number of hydrogen-bond acceptors (Lipinski definition) is 3. The summed E-state index contributed by atoms with van der Waals surface area (Å²) in [5.41, 5.74) is 2.50. The van der Waals surface area contributed by atoms with Gasteiger partial charge in [-0.2, -0.15) is 0 Å². The molecule has 15 heavy (non-hydrogen) atoms. The van der Waals surface area contributed by atoms with Crippen molar-refractivity contribution in [1.82, 2.24) is 0 Å². The van der Waals surface area contributed by atoms with Crippen LogP contribution in [0.25, 0.3) is 0 Å². The Morgan fingerprint density at radius 2 is 1.80 bits per heavy atom. The van der Waals surface area contributed by atoms with Crippen molar-refractivity contribution in [3.63, 3.8) is 0 Å². The molecule has 0 radical (unpaired) electrons. The molecule has 1 aliphatic heterocycles. The number of benzene rings is 1. The third kappa shape index (κ3) is 2.19. The monoisotopic (exact) mass is 240 g/mol. The molecule has 1 aromatic carbocycles. The van der Waals surface area contributed by atoms with Gasteiger partial charge in [-0.15, -0.1) is 0 Å². The predicted octanol–water partition coefficient (Wildman–Crippen LogP) is 3.57. The van der Waals surface area contributed by atoms with Crippen LogP contribution in [-0.4, -0.2) is 16.0 Å². The highest BCUT2D eigenvalue weighted by molar-refractivity contribution is 8.77. The molecule has 0 spiro atoms. The van der Waals surface area contributed by atoms with Crippen LogP contribution in [0.4, 0.5) is 0 Å². The Morgan fingerprint density at radius 3 is 2.27 bits per heavy atom. The molecule has 0 aromatic heterocycles. The van der Waals surface area contributed by atoms with Crippen LogP contribution in [0.1, 0.15) is 30.2 Å². The molecule has 0 bridgehead atoms. The van der Waals surface area contributed by atoms with Gasteiger partial charge in [-0.05, 0) is 26.3 Å². The normalized spacial score (nSPS) is 29.3. The topological polar surface area (TPSA) is 20.2 Å². The van der Waals surface area contributed by atoms with Gasteiger partial charge in [0.25, 0.3) is 0 Å². The summed E-state index contributed by atoms with van der Waals surface area (Å²) in [6, 6.07) is 8.47. The Hall–Kier alpha value is -0.120. The Bertz CT molecular complexity index is 345. The Morgan fingerprint density at radius 1 is 1.20 bits per heavy atom. The van der Waals surface area contributed by atoms with Crippen LogP contribution in [0.3, 0.4) is 0 Å². The van der Waals surface area contributed by atoms with E-state index in [2.05, 4.69) is 45.0 Å². The summed E-state index contributed by atoms with van der Waals surface area (Å²) in [5, 5.41) is 10.4. The van der Waals surface area contributed by atoms with Gasteiger partial charge in [0.2, 0.25) is 0 Å². The molecule has 82 valence electrons. The summed E-state index contributed by atoms with van der Waals surface area (Å²) in [7, 11) is 3.56. The number of aryl methyl sites for hydroxylation is 1. The minimum absolute atomic E-state index is 0.0414. The predicted molar refractivity (Wildman–Crippen MR) is 69.2 cm³/mol. The molecule has 0 amide bonds. The van der Waals surface area contributed by atoms with Crippen molar-refractivity contribution in [2.75, 3.05) is 0 Å². The van der Waals surface area contributed by atoms with Gasteiger partial charge >= 0.3 is 0 Å². The maximum Gasteiger partial charge on any atom is 0.0857 e. The Balaban J connectivity index is 2.23. The lowest BCUT2D eigenvalue weighted by atomic mass is 9.97. The van der Waals surface area contributed by atoms with E-state index in [1.165, 1.54) is 11.1 Å². The molecule has 0 saturated carbocycles. The van der Waals surface area contributed by atoms with Crippen LogP contribution >= 0.6 is 21.6 Å². The lowest BCUT2D eigenvalue weighted by Gasteiger charge is -2.23. The van der Waals surface area contributed by atoms with Crippen molar-refractivity contribution in [2.45, 2.75) is 36.9 Å². The van der Waals surface area contributed by atoms with Gasteiger partial charge in [0.05, 0.1) is 11.4 Å². The second-order valence-electron chi connectivity index (χ2n) is 4.56. The van der Waals surface area contributed by atoms with E-state index in [1.807, 2.05) is 0 Å². The SMILES string of the molecule is Cc1ccc(C2SSC(C)(C)C2O)cc1. The standard InChI is InChI=1S/C12H16OS2/c1-8-4-6-9(7-5-8)10-11(13)12(2,3)15-14-10/h4-7,10-11,13H,1-3H3.